The van der Waals surface area contributed by atoms with Crippen molar-refractivity contribution in [2.75, 3.05) is 33.2 Å². The molecule has 1 N–H and O–H groups in total. The molecule has 0 aromatic carbocycles. The molecule has 0 aromatic rings. The zero-order valence-corrected chi connectivity index (χ0v) is 14.2. The first-order chi connectivity index (χ1) is 10.2. The van der Waals surface area contributed by atoms with Crippen LogP contribution in [0.15, 0.2) is 0 Å². The van der Waals surface area contributed by atoms with Crippen LogP contribution in [-0.2, 0) is 9.53 Å². The third-order valence-corrected chi connectivity index (χ3v) is 4.29. The largest absolute Gasteiger partial charge is 0.444 e. The molecule has 22 heavy (non-hydrogen) atoms. The van der Waals surface area contributed by atoms with Gasteiger partial charge >= 0.3 is 6.09 Å². The lowest BCUT2D eigenvalue weighted by Crippen LogP contribution is -2.43. The van der Waals surface area contributed by atoms with Crippen LogP contribution in [0.3, 0.4) is 0 Å². The van der Waals surface area contributed by atoms with Crippen molar-refractivity contribution in [3.63, 3.8) is 0 Å². The second-order valence-electron chi connectivity index (χ2n) is 7.49. The molecule has 2 aliphatic heterocycles. The van der Waals surface area contributed by atoms with Crippen LogP contribution in [0.4, 0.5) is 4.79 Å². The summed E-state index contributed by atoms with van der Waals surface area (Å²) in [5.74, 6) is 0.401. The Labute approximate surface area is 133 Å². The molecule has 2 fully saturated rings. The third-order valence-electron chi connectivity index (χ3n) is 4.29. The van der Waals surface area contributed by atoms with Gasteiger partial charge in [-0.05, 0) is 60.2 Å². The minimum atomic E-state index is -0.494. The van der Waals surface area contributed by atoms with Crippen molar-refractivity contribution in [3.8, 4) is 0 Å². The lowest BCUT2D eigenvalue weighted by Gasteiger charge is -2.30. The quantitative estimate of drug-likeness (QED) is 0.838. The van der Waals surface area contributed by atoms with Crippen molar-refractivity contribution < 1.29 is 14.3 Å². The monoisotopic (exact) mass is 311 g/mol. The Morgan fingerprint density at radius 3 is 2.32 bits per heavy atom. The van der Waals surface area contributed by atoms with Crippen LogP contribution in [0.5, 0.6) is 0 Å². The zero-order valence-electron chi connectivity index (χ0n) is 14.2. The van der Waals surface area contributed by atoms with Gasteiger partial charge in [-0.25, -0.2) is 4.79 Å². The van der Waals surface area contributed by atoms with E-state index in [1.807, 2.05) is 25.7 Å². The number of piperidine rings is 1. The summed E-state index contributed by atoms with van der Waals surface area (Å²) in [4.78, 5) is 28.5. The lowest BCUT2D eigenvalue weighted by molar-refractivity contribution is -0.135. The van der Waals surface area contributed by atoms with Crippen LogP contribution in [-0.4, -0.2) is 66.7 Å². The van der Waals surface area contributed by atoms with Crippen molar-refractivity contribution in [3.05, 3.63) is 0 Å². The highest BCUT2D eigenvalue weighted by atomic mass is 16.6. The van der Waals surface area contributed by atoms with Gasteiger partial charge in [-0.1, -0.05) is 0 Å². The molecule has 2 heterocycles. The molecule has 0 radical (unpaired) electrons. The Hall–Kier alpha value is -1.30. The van der Waals surface area contributed by atoms with E-state index >= 15 is 0 Å². The maximum Gasteiger partial charge on any atom is 0.407 e. The molecular formula is C16H29N3O3. The van der Waals surface area contributed by atoms with Gasteiger partial charge in [0.15, 0.2) is 0 Å². The summed E-state index contributed by atoms with van der Waals surface area (Å²) in [6.07, 6.45) is 2.29. The molecular weight excluding hydrogens is 282 g/mol. The summed E-state index contributed by atoms with van der Waals surface area (Å²) >= 11 is 0. The van der Waals surface area contributed by atoms with Crippen molar-refractivity contribution in [2.45, 2.75) is 51.7 Å². The molecule has 6 heteroatoms. The maximum absolute atomic E-state index is 12.5. The standard InChI is InChI=1S/C16H29N3O3/c1-16(2,3)22-15(21)17-13-7-10-19(11-13)14(20)12-5-8-18(4)9-6-12/h12-13H,5-11H2,1-4H3,(H,17,21)/t13-/m0/s1. The fourth-order valence-electron chi connectivity index (χ4n) is 3.07. The first-order valence-corrected chi connectivity index (χ1v) is 8.21. The van der Waals surface area contributed by atoms with E-state index in [4.69, 9.17) is 4.74 Å². The van der Waals surface area contributed by atoms with Gasteiger partial charge in [0.1, 0.15) is 5.60 Å². The van der Waals surface area contributed by atoms with E-state index in [0.717, 1.165) is 38.9 Å². The molecule has 0 spiro atoms. The lowest BCUT2D eigenvalue weighted by atomic mass is 9.96. The Balaban J connectivity index is 1.77. The first kappa shape index (κ1) is 17.1. The summed E-state index contributed by atoms with van der Waals surface area (Å²) < 4.78 is 5.26. The number of nitrogens with one attached hydrogen (secondary N) is 1. The number of hydrogen-bond acceptors (Lipinski definition) is 4. The van der Waals surface area contributed by atoms with Gasteiger partial charge in [-0.3, -0.25) is 4.79 Å². The van der Waals surface area contributed by atoms with Crippen LogP contribution in [0, 0.1) is 5.92 Å². The predicted octanol–water partition coefficient (Wildman–Crippen LogP) is 1.45. The molecule has 1 atom stereocenters. The normalized spacial score (nSPS) is 24.4. The number of rotatable bonds is 2. The second-order valence-corrected chi connectivity index (χ2v) is 7.49. The fraction of sp³-hybridized carbons (Fsp3) is 0.875. The maximum atomic E-state index is 12.5. The van der Waals surface area contributed by atoms with Crippen LogP contribution < -0.4 is 5.32 Å². The van der Waals surface area contributed by atoms with Crippen LogP contribution in [0.1, 0.15) is 40.0 Å². The average molecular weight is 311 g/mol. The first-order valence-electron chi connectivity index (χ1n) is 8.21. The average Bonchev–Trinajstić information content (AvgIpc) is 2.85. The summed E-state index contributed by atoms with van der Waals surface area (Å²) in [6, 6.07) is 0.00469. The Morgan fingerprint density at radius 2 is 1.73 bits per heavy atom. The second kappa shape index (κ2) is 6.86. The number of amides is 2. The minimum Gasteiger partial charge on any atom is -0.444 e. The van der Waals surface area contributed by atoms with E-state index in [9.17, 15) is 9.59 Å². The van der Waals surface area contributed by atoms with Gasteiger partial charge < -0.3 is 19.9 Å². The van der Waals surface area contributed by atoms with E-state index in [2.05, 4.69) is 17.3 Å². The van der Waals surface area contributed by atoms with Gasteiger partial charge in [0, 0.05) is 19.0 Å². The highest BCUT2D eigenvalue weighted by Crippen LogP contribution is 2.21. The van der Waals surface area contributed by atoms with E-state index in [1.165, 1.54) is 0 Å². The number of hydrogen-bond donors (Lipinski definition) is 1. The molecule has 0 saturated carbocycles. The number of carbonyl (C=O) groups is 2. The van der Waals surface area contributed by atoms with Crippen molar-refractivity contribution in [2.24, 2.45) is 5.92 Å². The fourth-order valence-corrected chi connectivity index (χ4v) is 3.07. The number of carbonyl (C=O) groups excluding carboxylic acids is 2. The molecule has 2 amide bonds. The van der Waals surface area contributed by atoms with E-state index in [-0.39, 0.29) is 17.9 Å². The van der Waals surface area contributed by atoms with E-state index < -0.39 is 11.7 Å². The summed E-state index contributed by atoms with van der Waals surface area (Å²) in [6.45, 7) is 8.84. The number of alkyl carbamates (subject to hydrolysis) is 1. The molecule has 0 aliphatic carbocycles. The molecule has 0 bridgehead atoms. The SMILES string of the molecule is CN1CCC(C(=O)N2CC[C@H](NC(=O)OC(C)(C)C)C2)CC1. The third kappa shape index (κ3) is 4.87. The van der Waals surface area contributed by atoms with E-state index in [0.29, 0.717) is 6.54 Å². The molecule has 0 unspecified atom stereocenters. The molecule has 6 nitrogen and oxygen atoms in total. The zero-order chi connectivity index (χ0) is 16.3. The number of nitrogens with zero attached hydrogens (tertiary/aromatic N) is 2. The molecule has 0 aromatic heterocycles. The topological polar surface area (TPSA) is 61.9 Å². The molecule has 126 valence electrons. The molecule has 2 rings (SSSR count). The highest BCUT2D eigenvalue weighted by molar-refractivity contribution is 5.79. The van der Waals surface area contributed by atoms with Crippen LogP contribution in [0.25, 0.3) is 0 Å². The van der Waals surface area contributed by atoms with Crippen molar-refractivity contribution in [1.82, 2.24) is 15.1 Å². The predicted molar refractivity (Wildman–Crippen MR) is 84.6 cm³/mol. The molecule has 2 saturated heterocycles. The highest BCUT2D eigenvalue weighted by Gasteiger charge is 2.33. The van der Waals surface area contributed by atoms with Crippen LogP contribution >= 0.6 is 0 Å². The van der Waals surface area contributed by atoms with Crippen molar-refractivity contribution in [1.29, 1.82) is 0 Å². The molecule has 2 aliphatic rings. The Morgan fingerprint density at radius 1 is 1.09 bits per heavy atom. The van der Waals surface area contributed by atoms with Gasteiger partial charge in [0.25, 0.3) is 0 Å². The Kier molecular flexibility index (Phi) is 5.32. The van der Waals surface area contributed by atoms with Crippen LogP contribution in [0.2, 0.25) is 0 Å². The Bertz CT molecular complexity index is 411. The number of ether oxygens (including phenoxy) is 1. The summed E-state index contributed by atoms with van der Waals surface area (Å²) in [7, 11) is 2.09. The minimum absolute atomic E-state index is 0.00469. The van der Waals surface area contributed by atoms with Crippen molar-refractivity contribution >= 4 is 12.0 Å². The number of likely N-dealkylation sites (tertiary alicyclic amines) is 2. The summed E-state index contributed by atoms with van der Waals surface area (Å²) in [5, 5.41) is 2.87. The summed E-state index contributed by atoms with van der Waals surface area (Å²) in [5.41, 5.74) is -0.494. The smallest absolute Gasteiger partial charge is 0.407 e. The van der Waals surface area contributed by atoms with Gasteiger partial charge in [-0.2, -0.15) is 0 Å². The van der Waals surface area contributed by atoms with Gasteiger partial charge in [0.2, 0.25) is 5.91 Å². The van der Waals surface area contributed by atoms with Gasteiger partial charge in [0.05, 0.1) is 6.04 Å². The van der Waals surface area contributed by atoms with Gasteiger partial charge in [-0.15, -0.1) is 0 Å². The van der Waals surface area contributed by atoms with E-state index in [1.54, 1.807) is 0 Å².